The minimum Gasteiger partial charge on any atom is -0.495 e. The highest BCUT2D eigenvalue weighted by Crippen LogP contribution is 2.23. The van der Waals surface area contributed by atoms with Crippen molar-refractivity contribution in [2.75, 3.05) is 12.8 Å². The summed E-state index contributed by atoms with van der Waals surface area (Å²) in [5.74, 6) is 2.26. The Labute approximate surface area is 100 Å². The fourth-order valence-corrected chi connectivity index (χ4v) is 1.68. The van der Waals surface area contributed by atoms with E-state index in [2.05, 4.69) is 4.98 Å². The fraction of sp³-hybridized carbons (Fsp3) is 0.308. The lowest BCUT2D eigenvalue weighted by atomic mass is 10.1. The first-order chi connectivity index (χ1) is 8.10. The molecule has 2 rings (SSSR count). The molecule has 0 radical (unpaired) electrons. The Kier molecular flexibility index (Phi) is 3.04. The summed E-state index contributed by atoms with van der Waals surface area (Å²) in [4.78, 5) is 4.34. The third-order valence-electron chi connectivity index (χ3n) is 2.72. The van der Waals surface area contributed by atoms with E-state index in [1.165, 1.54) is 0 Å². The van der Waals surface area contributed by atoms with Crippen molar-refractivity contribution in [3.8, 4) is 5.75 Å². The molecule has 17 heavy (non-hydrogen) atoms. The number of methoxy groups -OCH3 is 1. The summed E-state index contributed by atoms with van der Waals surface area (Å²) in [6.45, 7) is 3.85. The average molecular weight is 232 g/mol. The van der Waals surface area contributed by atoms with Gasteiger partial charge in [-0.15, -0.1) is 0 Å². The van der Waals surface area contributed by atoms with Crippen molar-refractivity contribution in [1.82, 2.24) is 4.98 Å². The minimum absolute atomic E-state index is 0.630. The van der Waals surface area contributed by atoms with Crippen molar-refractivity contribution < 1.29 is 9.15 Å². The molecule has 0 aliphatic heterocycles. The quantitative estimate of drug-likeness (QED) is 0.826. The number of oxazole rings is 1. The van der Waals surface area contributed by atoms with Crippen LogP contribution in [0.15, 0.2) is 22.6 Å². The van der Waals surface area contributed by atoms with Crippen LogP contribution < -0.4 is 10.5 Å². The number of nitrogens with zero attached hydrogens (tertiary/aromatic N) is 1. The van der Waals surface area contributed by atoms with Crippen LogP contribution in [0.2, 0.25) is 0 Å². The Morgan fingerprint density at radius 2 is 2.12 bits per heavy atom. The molecule has 2 aromatic rings. The molecule has 0 saturated heterocycles. The predicted molar refractivity (Wildman–Crippen MR) is 66.2 cm³/mol. The van der Waals surface area contributed by atoms with E-state index in [4.69, 9.17) is 14.9 Å². The van der Waals surface area contributed by atoms with Crippen molar-refractivity contribution >= 4 is 5.69 Å². The number of aromatic nitrogens is 1. The molecule has 0 bridgehead atoms. The van der Waals surface area contributed by atoms with Gasteiger partial charge in [-0.3, -0.25) is 0 Å². The van der Waals surface area contributed by atoms with E-state index in [0.29, 0.717) is 23.7 Å². The van der Waals surface area contributed by atoms with E-state index in [9.17, 15) is 0 Å². The number of hydrogen-bond donors (Lipinski definition) is 1. The van der Waals surface area contributed by atoms with Crippen molar-refractivity contribution in [2.24, 2.45) is 0 Å². The summed E-state index contributed by atoms with van der Waals surface area (Å²) >= 11 is 0. The van der Waals surface area contributed by atoms with Crippen molar-refractivity contribution in [3.05, 3.63) is 41.1 Å². The molecule has 0 atom stereocenters. The molecule has 0 fully saturated rings. The van der Waals surface area contributed by atoms with Crippen molar-refractivity contribution in [1.29, 1.82) is 0 Å². The molecule has 4 nitrogen and oxygen atoms in total. The van der Waals surface area contributed by atoms with Gasteiger partial charge in [-0.1, -0.05) is 6.07 Å². The molecular formula is C13H16N2O2. The van der Waals surface area contributed by atoms with Crippen LogP contribution in [0.4, 0.5) is 5.69 Å². The van der Waals surface area contributed by atoms with E-state index in [-0.39, 0.29) is 0 Å². The lowest BCUT2D eigenvalue weighted by molar-refractivity contribution is 0.416. The number of ether oxygens (including phenoxy) is 1. The number of nitrogens with two attached hydrogens (primary N) is 1. The molecule has 90 valence electrons. The first-order valence-electron chi connectivity index (χ1n) is 5.45. The van der Waals surface area contributed by atoms with Gasteiger partial charge >= 0.3 is 0 Å². The molecule has 0 unspecified atom stereocenters. The molecule has 0 aliphatic rings. The molecule has 0 amide bonds. The summed E-state index contributed by atoms with van der Waals surface area (Å²) in [6.07, 6.45) is 0.642. The summed E-state index contributed by atoms with van der Waals surface area (Å²) in [6, 6.07) is 5.70. The summed E-state index contributed by atoms with van der Waals surface area (Å²) < 4.78 is 10.6. The number of hydrogen-bond acceptors (Lipinski definition) is 4. The predicted octanol–water partition coefficient (Wildman–Crippen LogP) is 2.47. The molecule has 1 aromatic carbocycles. The molecule has 0 spiro atoms. The third-order valence-corrected chi connectivity index (χ3v) is 2.72. The maximum atomic E-state index is 5.84. The van der Waals surface area contributed by atoms with E-state index >= 15 is 0 Å². The first kappa shape index (κ1) is 11.5. The molecule has 1 aromatic heterocycles. The Balaban J connectivity index is 2.21. The van der Waals surface area contributed by atoms with E-state index < -0.39 is 0 Å². The fourth-order valence-electron chi connectivity index (χ4n) is 1.68. The molecule has 4 heteroatoms. The maximum absolute atomic E-state index is 5.84. The second-order valence-corrected chi connectivity index (χ2v) is 4.00. The largest absolute Gasteiger partial charge is 0.495 e. The molecule has 1 heterocycles. The van der Waals surface area contributed by atoms with Crippen molar-refractivity contribution in [2.45, 2.75) is 20.3 Å². The molecule has 2 N–H and O–H groups in total. The van der Waals surface area contributed by atoms with Crippen LogP contribution in [0, 0.1) is 13.8 Å². The topological polar surface area (TPSA) is 61.3 Å². The summed E-state index contributed by atoms with van der Waals surface area (Å²) in [5.41, 5.74) is 8.47. The van der Waals surface area contributed by atoms with Gasteiger partial charge in [0, 0.05) is 6.42 Å². The second-order valence-electron chi connectivity index (χ2n) is 4.00. The number of rotatable bonds is 3. The number of anilines is 1. The zero-order chi connectivity index (χ0) is 12.4. The lowest BCUT2D eigenvalue weighted by Gasteiger charge is -2.05. The molecular weight excluding hydrogens is 216 g/mol. The number of benzene rings is 1. The van der Waals surface area contributed by atoms with E-state index in [1.807, 2.05) is 32.0 Å². The van der Waals surface area contributed by atoms with E-state index in [0.717, 1.165) is 17.0 Å². The summed E-state index contributed by atoms with van der Waals surface area (Å²) in [5, 5.41) is 0. The van der Waals surface area contributed by atoms with Crippen LogP contribution in [0.3, 0.4) is 0 Å². The molecule has 0 aliphatic carbocycles. The Morgan fingerprint density at radius 1 is 1.35 bits per heavy atom. The van der Waals surface area contributed by atoms with Crippen LogP contribution >= 0.6 is 0 Å². The Hall–Kier alpha value is -1.97. The zero-order valence-corrected chi connectivity index (χ0v) is 10.3. The van der Waals surface area contributed by atoms with Gasteiger partial charge in [0.05, 0.1) is 18.5 Å². The average Bonchev–Trinajstić information content (AvgIpc) is 2.58. The van der Waals surface area contributed by atoms with Crippen molar-refractivity contribution in [3.63, 3.8) is 0 Å². The van der Waals surface area contributed by atoms with Crippen LogP contribution in [0.1, 0.15) is 22.9 Å². The van der Waals surface area contributed by atoms with Crippen LogP contribution in [-0.4, -0.2) is 12.1 Å². The molecule has 0 saturated carbocycles. The summed E-state index contributed by atoms with van der Waals surface area (Å²) in [7, 11) is 1.60. The van der Waals surface area contributed by atoms with Gasteiger partial charge < -0.3 is 14.9 Å². The monoisotopic (exact) mass is 232 g/mol. The number of aryl methyl sites for hydroxylation is 2. The lowest BCUT2D eigenvalue weighted by Crippen LogP contribution is -1.95. The minimum atomic E-state index is 0.630. The van der Waals surface area contributed by atoms with Crippen LogP contribution in [0.25, 0.3) is 0 Å². The standard InChI is InChI=1S/C13H16N2O2/c1-8-9(2)17-13(15-8)7-10-4-5-12(16-3)11(14)6-10/h4-6H,7,14H2,1-3H3. The SMILES string of the molecule is COc1ccc(Cc2nc(C)c(C)o2)cc1N. The van der Waals surface area contributed by atoms with Gasteiger partial charge in [-0.25, -0.2) is 4.98 Å². The van der Waals surface area contributed by atoms with Crippen LogP contribution in [-0.2, 0) is 6.42 Å². The third kappa shape index (κ3) is 2.41. The highest BCUT2D eigenvalue weighted by Gasteiger charge is 2.08. The Bertz CT molecular complexity index is 513. The van der Waals surface area contributed by atoms with E-state index in [1.54, 1.807) is 7.11 Å². The van der Waals surface area contributed by atoms with Gasteiger partial charge in [0.1, 0.15) is 11.5 Å². The normalized spacial score (nSPS) is 10.5. The highest BCUT2D eigenvalue weighted by molar-refractivity contribution is 5.54. The number of nitrogen functional groups attached to an aromatic ring is 1. The second kappa shape index (κ2) is 4.49. The zero-order valence-electron chi connectivity index (χ0n) is 10.3. The van der Waals surface area contributed by atoms with Crippen LogP contribution in [0.5, 0.6) is 5.75 Å². The smallest absolute Gasteiger partial charge is 0.199 e. The van der Waals surface area contributed by atoms with Gasteiger partial charge in [0.15, 0.2) is 5.89 Å². The first-order valence-corrected chi connectivity index (χ1v) is 5.45. The van der Waals surface area contributed by atoms with Gasteiger partial charge in [0.25, 0.3) is 0 Å². The maximum Gasteiger partial charge on any atom is 0.199 e. The highest BCUT2D eigenvalue weighted by atomic mass is 16.5. The van der Waals surface area contributed by atoms with Gasteiger partial charge in [-0.05, 0) is 31.5 Å². The Morgan fingerprint density at radius 3 is 2.65 bits per heavy atom. The van der Waals surface area contributed by atoms with Gasteiger partial charge in [-0.2, -0.15) is 0 Å². The van der Waals surface area contributed by atoms with Gasteiger partial charge in [0.2, 0.25) is 0 Å².